The standard InChI is InChI=1S/C13H21ClN4O3/c1-3-4-5-6-7-10(9(2)19)17-13-11(18(20)21)12(14)15-8-16-13/h8-10,19H,3-7H2,1-2H3,(H,15,16,17). The number of rotatable bonds is 9. The molecule has 0 saturated carbocycles. The van der Waals surface area contributed by atoms with Gasteiger partial charge in [0.2, 0.25) is 11.0 Å². The molecule has 0 aliphatic carbocycles. The number of nitro groups is 1. The Hall–Kier alpha value is -1.47. The number of aliphatic hydroxyl groups is 1. The second-order valence-corrected chi connectivity index (χ2v) is 5.32. The molecule has 0 saturated heterocycles. The molecule has 8 heteroatoms. The van der Waals surface area contributed by atoms with Crippen molar-refractivity contribution < 1.29 is 10.0 Å². The lowest BCUT2D eigenvalue weighted by Crippen LogP contribution is -2.32. The molecule has 1 rings (SSSR count). The molecule has 1 heterocycles. The molecule has 2 unspecified atom stereocenters. The van der Waals surface area contributed by atoms with Crippen molar-refractivity contribution >= 4 is 23.1 Å². The van der Waals surface area contributed by atoms with Crippen molar-refractivity contribution in [2.45, 2.75) is 58.1 Å². The summed E-state index contributed by atoms with van der Waals surface area (Å²) in [6.07, 6.45) is 5.47. The minimum atomic E-state index is -0.653. The summed E-state index contributed by atoms with van der Waals surface area (Å²) in [6.45, 7) is 3.77. The molecule has 0 aromatic carbocycles. The largest absolute Gasteiger partial charge is 0.391 e. The third kappa shape index (κ3) is 5.43. The maximum Gasteiger partial charge on any atom is 0.348 e. The first-order chi connectivity index (χ1) is 9.97. The number of aromatic nitrogens is 2. The second-order valence-electron chi connectivity index (χ2n) is 4.96. The van der Waals surface area contributed by atoms with E-state index in [1.54, 1.807) is 6.92 Å². The van der Waals surface area contributed by atoms with E-state index in [2.05, 4.69) is 22.2 Å². The van der Waals surface area contributed by atoms with Crippen molar-refractivity contribution in [2.24, 2.45) is 0 Å². The van der Waals surface area contributed by atoms with Gasteiger partial charge in [0.25, 0.3) is 0 Å². The number of hydrogen-bond acceptors (Lipinski definition) is 6. The summed E-state index contributed by atoms with van der Waals surface area (Å²) in [7, 11) is 0. The molecule has 0 bridgehead atoms. The lowest BCUT2D eigenvalue weighted by atomic mass is 10.0. The molecule has 0 spiro atoms. The highest BCUT2D eigenvalue weighted by atomic mass is 35.5. The first-order valence-corrected chi connectivity index (χ1v) is 7.44. The number of hydrogen-bond donors (Lipinski definition) is 2. The minimum absolute atomic E-state index is 0.0430. The summed E-state index contributed by atoms with van der Waals surface area (Å²) < 4.78 is 0. The van der Waals surface area contributed by atoms with Crippen molar-refractivity contribution in [2.75, 3.05) is 5.32 Å². The van der Waals surface area contributed by atoms with Gasteiger partial charge in [-0.05, 0) is 13.3 Å². The molecule has 2 atom stereocenters. The summed E-state index contributed by atoms with van der Waals surface area (Å²) >= 11 is 5.74. The molecule has 118 valence electrons. The van der Waals surface area contributed by atoms with Gasteiger partial charge in [-0.25, -0.2) is 9.97 Å². The molecule has 7 nitrogen and oxygen atoms in total. The summed E-state index contributed by atoms with van der Waals surface area (Å²) in [6, 6.07) is -0.313. The zero-order valence-electron chi connectivity index (χ0n) is 12.3. The zero-order chi connectivity index (χ0) is 15.8. The zero-order valence-corrected chi connectivity index (χ0v) is 13.0. The smallest absolute Gasteiger partial charge is 0.348 e. The quantitative estimate of drug-likeness (QED) is 0.314. The Balaban J connectivity index is 2.80. The van der Waals surface area contributed by atoms with Crippen LogP contribution in [0, 0.1) is 10.1 Å². The normalized spacial score (nSPS) is 13.7. The van der Waals surface area contributed by atoms with E-state index >= 15 is 0 Å². The van der Waals surface area contributed by atoms with Gasteiger partial charge in [0.15, 0.2) is 0 Å². The second kappa shape index (κ2) is 8.74. The van der Waals surface area contributed by atoms with Crippen molar-refractivity contribution in [3.05, 3.63) is 21.6 Å². The van der Waals surface area contributed by atoms with Crippen molar-refractivity contribution in [3.63, 3.8) is 0 Å². The van der Waals surface area contributed by atoms with Crippen molar-refractivity contribution in [1.29, 1.82) is 0 Å². The molecule has 21 heavy (non-hydrogen) atoms. The van der Waals surface area contributed by atoms with Crippen LogP contribution < -0.4 is 5.32 Å². The van der Waals surface area contributed by atoms with Gasteiger partial charge in [-0.3, -0.25) is 10.1 Å². The number of halogens is 1. The van der Waals surface area contributed by atoms with Crippen LogP contribution in [0.3, 0.4) is 0 Å². The van der Waals surface area contributed by atoms with E-state index in [9.17, 15) is 15.2 Å². The van der Waals surface area contributed by atoms with Crippen LogP contribution in [0.15, 0.2) is 6.33 Å². The number of nitrogens with one attached hydrogen (secondary N) is 1. The highest BCUT2D eigenvalue weighted by molar-refractivity contribution is 6.31. The van der Waals surface area contributed by atoms with Crippen LogP contribution in [0.2, 0.25) is 5.15 Å². The van der Waals surface area contributed by atoms with E-state index in [-0.39, 0.29) is 22.7 Å². The fraction of sp³-hybridized carbons (Fsp3) is 0.692. The number of anilines is 1. The molecule has 1 aromatic heterocycles. The predicted molar refractivity (Wildman–Crippen MR) is 81.5 cm³/mol. The maximum absolute atomic E-state index is 11.0. The van der Waals surface area contributed by atoms with Gasteiger partial charge in [0, 0.05) is 0 Å². The van der Waals surface area contributed by atoms with E-state index in [0.717, 1.165) is 32.0 Å². The Morgan fingerprint density at radius 3 is 2.71 bits per heavy atom. The molecule has 0 fully saturated rings. The van der Waals surface area contributed by atoms with Crippen LogP contribution in [0.4, 0.5) is 11.5 Å². The molecule has 0 aliphatic rings. The van der Waals surface area contributed by atoms with Gasteiger partial charge < -0.3 is 10.4 Å². The predicted octanol–water partition coefficient (Wildman–Crippen LogP) is 3.17. The van der Waals surface area contributed by atoms with E-state index in [1.165, 1.54) is 0 Å². The average molecular weight is 317 g/mol. The van der Waals surface area contributed by atoms with Crippen molar-refractivity contribution in [3.8, 4) is 0 Å². The molecular formula is C13H21ClN4O3. The summed E-state index contributed by atoms with van der Waals surface area (Å²) in [5.74, 6) is 0.0430. The van der Waals surface area contributed by atoms with Gasteiger partial charge in [-0.2, -0.15) is 0 Å². The fourth-order valence-corrected chi connectivity index (χ4v) is 2.23. The van der Waals surface area contributed by atoms with E-state index in [0.29, 0.717) is 6.42 Å². The fourth-order valence-electron chi connectivity index (χ4n) is 2.03. The monoisotopic (exact) mass is 316 g/mol. The molecular weight excluding hydrogens is 296 g/mol. The molecule has 0 amide bonds. The summed E-state index contributed by atoms with van der Waals surface area (Å²) in [5.41, 5.74) is -0.363. The van der Waals surface area contributed by atoms with Gasteiger partial charge in [-0.1, -0.05) is 44.2 Å². The van der Waals surface area contributed by atoms with Crippen LogP contribution in [0.5, 0.6) is 0 Å². The SMILES string of the molecule is CCCCCCC(Nc1ncnc(Cl)c1[N+](=O)[O-])C(C)O. The molecule has 0 radical (unpaired) electrons. The van der Waals surface area contributed by atoms with Crippen LogP contribution in [0.1, 0.15) is 46.0 Å². The van der Waals surface area contributed by atoms with Crippen LogP contribution in [-0.4, -0.2) is 32.1 Å². The Morgan fingerprint density at radius 2 is 2.14 bits per heavy atom. The van der Waals surface area contributed by atoms with Gasteiger partial charge in [-0.15, -0.1) is 0 Å². The molecule has 1 aromatic rings. The highest BCUT2D eigenvalue weighted by Crippen LogP contribution is 2.29. The summed E-state index contributed by atoms with van der Waals surface area (Å²) in [5, 5.41) is 23.6. The molecule has 2 N–H and O–H groups in total. The van der Waals surface area contributed by atoms with E-state index < -0.39 is 11.0 Å². The Bertz CT molecular complexity index is 471. The molecule has 0 aliphatic heterocycles. The minimum Gasteiger partial charge on any atom is -0.391 e. The third-order valence-corrected chi connectivity index (χ3v) is 3.51. The van der Waals surface area contributed by atoms with E-state index in [4.69, 9.17) is 11.6 Å². The Kier molecular flexibility index (Phi) is 7.31. The average Bonchev–Trinajstić information content (AvgIpc) is 2.41. The lowest BCUT2D eigenvalue weighted by Gasteiger charge is -2.21. The van der Waals surface area contributed by atoms with E-state index in [1.807, 2.05) is 0 Å². The number of unbranched alkanes of at least 4 members (excludes halogenated alkanes) is 3. The van der Waals surface area contributed by atoms with Gasteiger partial charge >= 0.3 is 5.69 Å². The summed E-state index contributed by atoms with van der Waals surface area (Å²) in [4.78, 5) is 17.9. The lowest BCUT2D eigenvalue weighted by molar-refractivity contribution is -0.384. The van der Waals surface area contributed by atoms with Gasteiger partial charge in [0.1, 0.15) is 6.33 Å². The Labute approximate surface area is 128 Å². The number of aliphatic hydroxyl groups excluding tert-OH is 1. The topological polar surface area (TPSA) is 101 Å². The third-order valence-electron chi connectivity index (χ3n) is 3.23. The first kappa shape index (κ1) is 17.6. The van der Waals surface area contributed by atoms with Crippen molar-refractivity contribution in [1.82, 2.24) is 9.97 Å². The van der Waals surface area contributed by atoms with Crippen LogP contribution in [0.25, 0.3) is 0 Å². The van der Waals surface area contributed by atoms with Crippen LogP contribution in [-0.2, 0) is 0 Å². The first-order valence-electron chi connectivity index (χ1n) is 7.06. The maximum atomic E-state index is 11.0. The Morgan fingerprint density at radius 1 is 1.43 bits per heavy atom. The number of nitrogens with zero attached hydrogens (tertiary/aromatic N) is 3. The van der Waals surface area contributed by atoms with Crippen LogP contribution >= 0.6 is 11.6 Å². The highest BCUT2D eigenvalue weighted by Gasteiger charge is 2.25. The van der Waals surface area contributed by atoms with Gasteiger partial charge in [0.05, 0.1) is 17.1 Å².